The van der Waals surface area contributed by atoms with Crippen LogP contribution in [0.4, 0.5) is 4.39 Å². The number of ether oxygens (including phenoxy) is 1. The van der Waals surface area contributed by atoms with Gasteiger partial charge in [0.05, 0.1) is 17.0 Å². The van der Waals surface area contributed by atoms with E-state index in [4.69, 9.17) is 16.3 Å². The Hall–Kier alpha value is -1.98. The smallest absolute Gasteiger partial charge is 0.240 e. The van der Waals surface area contributed by atoms with Crippen LogP contribution in [0.25, 0.3) is 0 Å². The topological polar surface area (TPSA) is 89.5 Å². The molecule has 0 unspecified atom stereocenters. The van der Waals surface area contributed by atoms with Gasteiger partial charge in [-0.05, 0) is 47.3 Å². The molecule has 0 aliphatic carbocycles. The summed E-state index contributed by atoms with van der Waals surface area (Å²) in [5, 5.41) is 0.458. The largest absolute Gasteiger partial charge is 0.495 e. The van der Waals surface area contributed by atoms with Gasteiger partial charge in [-0.3, -0.25) is 0 Å². The second kappa shape index (κ2) is 9.03. The van der Waals surface area contributed by atoms with E-state index in [1.807, 2.05) is 0 Å². The normalized spacial score (nSPS) is 13.2. The highest BCUT2D eigenvalue weighted by Gasteiger charge is 2.31. The first-order chi connectivity index (χ1) is 14.1. The lowest BCUT2D eigenvalue weighted by molar-refractivity contribution is 0.414. The summed E-state index contributed by atoms with van der Waals surface area (Å²) in [4.78, 5) is -0.139. The minimum atomic E-state index is -4.07. The first-order valence-corrected chi connectivity index (χ1v) is 12.8. The summed E-state index contributed by atoms with van der Waals surface area (Å²) in [6.07, 6.45) is 0. The maximum atomic E-state index is 13.3. The molecule has 0 aliphatic heterocycles. The molecule has 0 spiro atoms. The quantitative estimate of drug-likeness (QED) is 0.515. The second-order valence-corrected chi connectivity index (χ2v) is 11.6. The molecule has 1 aromatic heterocycles. The number of hydrogen-bond donors (Lipinski definition) is 1. The molecular formula is C19H17ClFNO5S3. The van der Waals surface area contributed by atoms with Crippen molar-refractivity contribution < 1.29 is 26.0 Å². The molecule has 0 amide bonds. The van der Waals surface area contributed by atoms with E-state index in [0.29, 0.717) is 5.75 Å². The molecule has 0 saturated carbocycles. The molecule has 30 heavy (non-hydrogen) atoms. The van der Waals surface area contributed by atoms with Gasteiger partial charge in [0.2, 0.25) is 10.0 Å². The van der Waals surface area contributed by atoms with Crippen LogP contribution in [0.3, 0.4) is 0 Å². The number of nitrogens with one attached hydrogen (secondary N) is 1. The van der Waals surface area contributed by atoms with Crippen LogP contribution in [-0.4, -0.2) is 30.5 Å². The Morgan fingerprint density at radius 1 is 1.10 bits per heavy atom. The van der Waals surface area contributed by atoms with Gasteiger partial charge >= 0.3 is 0 Å². The van der Waals surface area contributed by atoms with Crippen LogP contribution in [0.15, 0.2) is 69.1 Å². The highest BCUT2D eigenvalue weighted by Crippen LogP contribution is 2.32. The maximum Gasteiger partial charge on any atom is 0.240 e. The molecule has 1 atom stereocenters. The Bertz CT molecular complexity index is 1230. The third kappa shape index (κ3) is 4.84. The van der Waals surface area contributed by atoms with E-state index in [0.717, 1.165) is 23.5 Å². The van der Waals surface area contributed by atoms with Crippen LogP contribution in [0.5, 0.6) is 5.75 Å². The summed E-state index contributed by atoms with van der Waals surface area (Å²) in [6.45, 7) is -0.447. The first kappa shape index (κ1) is 22.7. The molecule has 160 valence electrons. The van der Waals surface area contributed by atoms with Crippen molar-refractivity contribution in [3.63, 3.8) is 0 Å². The molecule has 0 fully saturated rings. The highest BCUT2D eigenvalue weighted by molar-refractivity contribution is 7.93. The summed E-state index contributed by atoms with van der Waals surface area (Å²) in [5.41, 5.74) is 0.264. The fourth-order valence-corrected chi connectivity index (χ4v) is 7.10. The number of halogens is 2. The monoisotopic (exact) mass is 489 g/mol. The molecule has 0 saturated heterocycles. The van der Waals surface area contributed by atoms with Crippen molar-refractivity contribution >= 4 is 42.8 Å². The summed E-state index contributed by atoms with van der Waals surface area (Å²) in [7, 11) is -6.60. The average molecular weight is 490 g/mol. The van der Waals surface area contributed by atoms with Gasteiger partial charge in [0.15, 0.2) is 9.84 Å². The minimum Gasteiger partial charge on any atom is -0.495 e. The molecule has 0 bridgehead atoms. The van der Waals surface area contributed by atoms with E-state index in [9.17, 15) is 21.2 Å². The lowest BCUT2D eigenvalue weighted by Gasteiger charge is -2.18. The Labute approximate surface area is 183 Å². The van der Waals surface area contributed by atoms with Gasteiger partial charge in [0, 0.05) is 6.54 Å². The van der Waals surface area contributed by atoms with Crippen LogP contribution in [-0.2, 0) is 19.9 Å². The summed E-state index contributed by atoms with van der Waals surface area (Å²) in [6, 6.07) is 11.8. The van der Waals surface area contributed by atoms with Gasteiger partial charge in [0.1, 0.15) is 21.0 Å². The number of sulfone groups is 1. The molecule has 0 radical (unpaired) electrons. The maximum absolute atomic E-state index is 13.3. The number of benzene rings is 2. The van der Waals surface area contributed by atoms with E-state index >= 15 is 0 Å². The van der Waals surface area contributed by atoms with Gasteiger partial charge < -0.3 is 4.74 Å². The van der Waals surface area contributed by atoms with Crippen molar-refractivity contribution in [2.75, 3.05) is 13.7 Å². The van der Waals surface area contributed by atoms with Crippen molar-refractivity contribution in [3.05, 3.63) is 76.4 Å². The SMILES string of the molecule is COc1ccc(S(=O)(=O)NC[C@H](c2ccc(F)cc2)S(=O)(=O)c2cccs2)cc1Cl. The number of sulfonamides is 1. The number of methoxy groups -OCH3 is 1. The number of thiophene rings is 1. The zero-order valence-corrected chi connectivity index (χ0v) is 18.8. The molecule has 3 aromatic rings. The zero-order chi connectivity index (χ0) is 21.9. The molecule has 11 heteroatoms. The predicted octanol–water partition coefficient (Wildman–Crippen LogP) is 4.04. The van der Waals surface area contributed by atoms with Crippen molar-refractivity contribution in [1.29, 1.82) is 0 Å². The van der Waals surface area contributed by atoms with Crippen LogP contribution in [0.1, 0.15) is 10.8 Å². The third-order valence-electron chi connectivity index (χ3n) is 4.28. The fraction of sp³-hybridized carbons (Fsp3) is 0.158. The molecule has 1 heterocycles. The second-order valence-electron chi connectivity index (χ2n) is 6.17. The molecule has 0 aliphatic rings. The molecular weight excluding hydrogens is 473 g/mol. The van der Waals surface area contributed by atoms with Crippen LogP contribution < -0.4 is 9.46 Å². The standard InChI is InChI=1S/C19H17ClFNO5S3/c1-27-17-9-8-15(11-16(17)20)30(25,26)22-12-18(13-4-6-14(21)7-5-13)29(23,24)19-3-2-10-28-19/h2-11,18,22H,12H2,1H3/t18-/m1/s1. The lowest BCUT2D eigenvalue weighted by atomic mass is 10.1. The first-order valence-electron chi connectivity index (χ1n) is 8.51. The highest BCUT2D eigenvalue weighted by atomic mass is 35.5. The Morgan fingerprint density at radius 2 is 1.80 bits per heavy atom. The zero-order valence-electron chi connectivity index (χ0n) is 15.6. The lowest BCUT2D eigenvalue weighted by Crippen LogP contribution is -2.31. The Morgan fingerprint density at radius 3 is 2.37 bits per heavy atom. The van der Waals surface area contributed by atoms with Gasteiger partial charge in [0.25, 0.3) is 0 Å². The summed E-state index contributed by atoms with van der Waals surface area (Å²) >= 11 is 7.02. The summed E-state index contributed by atoms with van der Waals surface area (Å²) < 4.78 is 72.4. The average Bonchev–Trinajstić information content (AvgIpc) is 3.25. The van der Waals surface area contributed by atoms with Crippen LogP contribution >= 0.6 is 22.9 Å². The van der Waals surface area contributed by atoms with E-state index in [2.05, 4.69) is 4.72 Å². The van der Waals surface area contributed by atoms with Crippen molar-refractivity contribution in [2.24, 2.45) is 0 Å². The summed E-state index contributed by atoms with van der Waals surface area (Å²) in [5.74, 6) is -0.223. The molecule has 3 rings (SSSR count). The van der Waals surface area contributed by atoms with Crippen LogP contribution in [0, 0.1) is 5.82 Å². The fourth-order valence-electron chi connectivity index (χ4n) is 2.73. The minimum absolute atomic E-state index is 0.0866. The molecule has 6 nitrogen and oxygen atoms in total. The van der Waals surface area contributed by atoms with Gasteiger partial charge in [-0.1, -0.05) is 29.8 Å². The Balaban J connectivity index is 1.94. The van der Waals surface area contributed by atoms with Crippen molar-refractivity contribution in [3.8, 4) is 5.75 Å². The molecule has 1 N–H and O–H groups in total. The van der Waals surface area contributed by atoms with E-state index in [1.54, 1.807) is 11.4 Å². The van der Waals surface area contributed by atoms with Crippen LogP contribution in [0.2, 0.25) is 5.02 Å². The Kier molecular flexibility index (Phi) is 6.83. The van der Waals surface area contributed by atoms with Crippen molar-refractivity contribution in [2.45, 2.75) is 14.4 Å². The van der Waals surface area contributed by atoms with Gasteiger partial charge in [-0.15, -0.1) is 11.3 Å². The number of rotatable bonds is 8. The van der Waals surface area contributed by atoms with Gasteiger partial charge in [-0.25, -0.2) is 25.9 Å². The predicted molar refractivity (Wildman–Crippen MR) is 114 cm³/mol. The number of hydrogen-bond acceptors (Lipinski definition) is 6. The third-order valence-corrected chi connectivity index (χ3v) is 9.53. The van der Waals surface area contributed by atoms with E-state index in [1.165, 1.54) is 43.5 Å². The van der Waals surface area contributed by atoms with E-state index < -0.39 is 37.5 Å². The van der Waals surface area contributed by atoms with Gasteiger partial charge in [-0.2, -0.15) is 0 Å². The van der Waals surface area contributed by atoms with Crippen molar-refractivity contribution in [1.82, 2.24) is 4.72 Å². The molecule has 2 aromatic carbocycles. The van der Waals surface area contributed by atoms with E-state index in [-0.39, 0.29) is 19.7 Å².